The summed E-state index contributed by atoms with van der Waals surface area (Å²) in [5.41, 5.74) is 1.69. The van der Waals surface area contributed by atoms with Crippen LogP contribution in [-0.4, -0.2) is 44.1 Å². The molecule has 0 saturated carbocycles. The molecule has 2 heterocycles. The molecule has 0 aromatic rings. The maximum atomic E-state index is 5.49. The summed E-state index contributed by atoms with van der Waals surface area (Å²) in [5.74, 6) is 2.34. The van der Waals surface area contributed by atoms with E-state index in [0.29, 0.717) is 5.41 Å². The second kappa shape index (κ2) is 5.76. The zero-order chi connectivity index (χ0) is 14.0. The summed E-state index contributed by atoms with van der Waals surface area (Å²) in [6.45, 7) is 6.41. The molecule has 20 heavy (non-hydrogen) atoms. The first-order valence-corrected chi connectivity index (χ1v) is 7.92. The van der Waals surface area contributed by atoms with Gasteiger partial charge in [-0.2, -0.15) is 0 Å². The van der Waals surface area contributed by atoms with Crippen LogP contribution in [0, 0.1) is 5.41 Å². The van der Waals surface area contributed by atoms with E-state index in [9.17, 15) is 0 Å². The van der Waals surface area contributed by atoms with Gasteiger partial charge < -0.3 is 14.4 Å². The second-order valence-electron chi connectivity index (χ2n) is 6.28. The zero-order valence-electron chi connectivity index (χ0n) is 12.8. The number of hydrogen-bond donors (Lipinski definition) is 0. The van der Waals surface area contributed by atoms with Crippen molar-refractivity contribution in [3.63, 3.8) is 0 Å². The number of nitrogens with zero attached hydrogens (tertiary/aromatic N) is 2. The minimum Gasteiger partial charge on any atom is -0.499 e. The van der Waals surface area contributed by atoms with E-state index in [1.807, 2.05) is 0 Å². The van der Waals surface area contributed by atoms with Crippen LogP contribution in [0.25, 0.3) is 0 Å². The Labute approximate surface area is 121 Å². The average Bonchev–Trinajstić information content (AvgIpc) is 2.90. The molecule has 2 aliphatic heterocycles. The highest BCUT2D eigenvalue weighted by Crippen LogP contribution is 2.40. The maximum Gasteiger partial charge on any atom is 0.117 e. The minimum atomic E-state index is 0.516. The number of hydrogen-bond acceptors (Lipinski definition) is 3. The van der Waals surface area contributed by atoms with Crippen LogP contribution >= 0.6 is 0 Å². The third-order valence-corrected chi connectivity index (χ3v) is 4.94. The predicted octanol–water partition coefficient (Wildman–Crippen LogP) is 2.95. The van der Waals surface area contributed by atoms with Crippen LogP contribution in [0.3, 0.4) is 0 Å². The van der Waals surface area contributed by atoms with Gasteiger partial charge in [0.05, 0.1) is 12.8 Å². The molecule has 0 atom stereocenters. The number of methoxy groups -OCH3 is 1. The first-order chi connectivity index (χ1) is 9.76. The molecule has 0 aromatic carbocycles. The van der Waals surface area contributed by atoms with Crippen molar-refractivity contribution in [1.29, 1.82) is 0 Å². The van der Waals surface area contributed by atoms with Crippen molar-refractivity contribution >= 4 is 5.84 Å². The average molecular weight is 278 g/mol. The Bertz CT molecular complexity index is 414. The van der Waals surface area contributed by atoms with E-state index in [1.165, 1.54) is 43.9 Å². The Morgan fingerprint density at radius 2 is 2.05 bits per heavy atom. The van der Waals surface area contributed by atoms with Crippen molar-refractivity contribution in [1.82, 2.24) is 4.90 Å². The zero-order valence-corrected chi connectivity index (χ0v) is 12.8. The second-order valence-corrected chi connectivity index (χ2v) is 6.28. The molecule has 0 aromatic heterocycles. The summed E-state index contributed by atoms with van der Waals surface area (Å²) in [5, 5.41) is 0. The number of ether oxygens (including phenoxy) is 2. The third-order valence-electron chi connectivity index (χ3n) is 4.94. The highest BCUT2D eigenvalue weighted by atomic mass is 16.5. The molecule has 112 valence electrons. The number of aliphatic imine (C=N–C) groups is 1. The summed E-state index contributed by atoms with van der Waals surface area (Å²) >= 11 is 0. The molecule has 0 N–H and O–H groups in total. The van der Waals surface area contributed by atoms with E-state index in [4.69, 9.17) is 14.5 Å². The standard InChI is InChI=1S/C16H26N2O2/c1-3-15(17-13-5-4-6-14(13)19-2)18-11-16(12-18)7-9-20-10-8-16/h3-12H2,1-2H3/b17-15+. The van der Waals surface area contributed by atoms with Crippen molar-refractivity contribution in [3.05, 3.63) is 11.5 Å². The molecular formula is C16H26N2O2. The van der Waals surface area contributed by atoms with E-state index in [2.05, 4.69) is 11.8 Å². The smallest absolute Gasteiger partial charge is 0.117 e. The molecule has 3 aliphatic rings. The van der Waals surface area contributed by atoms with Gasteiger partial charge >= 0.3 is 0 Å². The van der Waals surface area contributed by atoms with Gasteiger partial charge in [0.25, 0.3) is 0 Å². The molecular weight excluding hydrogens is 252 g/mol. The number of allylic oxidation sites excluding steroid dienone is 2. The van der Waals surface area contributed by atoms with Crippen LogP contribution in [0.5, 0.6) is 0 Å². The van der Waals surface area contributed by atoms with Crippen molar-refractivity contribution in [3.8, 4) is 0 Å². The molecule has 2 saturated heterocycles. The molecule has 0 unspecified atom stereocenters. The van der Waals surface area contributed by atoms with Gasteiger partial charge in [0.2, 0.25) is 0 Å². The fourth-order valence-electron chi connectivity index (χ4n) is 3.63. The van der Waals surface area contributed by atoms with Crippen molar-refractivity contribution in [2.45, 2.75) is 45.4 Å². The highest BCUT2D eigenvalue weighted by Gasteiger charge is 2.44. The SMILES string of the molecule is CC/C(=N\C1=C(OC)CCC1)N1CC2(CCOCC2)C1. The monoisotopic (exact) mass is 278 g/mol. The molecule has 2 fully saturated rings. The molecule has 1 aliphatic carbocycles. The van der Waals surface area contributed by atoms with Crippen LogP contribution in [0.15, 0.2) is 16.4 Å². The van der Waals surface area contributed by atoms with Crippen molar-refractivity contribution < 1.29 is 9.47 Å². The van der Waals surface area contributed by atoms with Crippen LogP contribution in [0.4, 0.5) is 0 Å². The largest absolute Gasteiger partial charge is 0.499 e. The Hall–Kier alpha value is -1.03. The summed E-state index contributed by atoms with van der Waals surface area (Å²) in [4.78, 5) is 7.37. The van der Waals surface area contributed by atoms with Gasteiger partial charge in [0.1, 0.15) is 11.6 Å². The number of amidine groups is 1. The van der Waals surface area contributed by atoms with E-state index in [1.54, 1.807) is 7.11 Å². The Kier molecular flexibility index (Phi) is 4.01. The van der Waals surface area contributed by atoms with Crippen LogP contribution in [0.1, 0.15) is 45.4 Å². The van der Waals surface area contributed by atoms with Crippen LogP contribution in [0.2, 0.25) is 0 Å². The molecule has 0 amide bonds. The molecule has 4 nitrogen and oxygen atoms in total. The van der Waals surface area contributed by atoms with E-state index >= 15 is 0 Å². The van der Waals surface area contributed by atoms with Crippen molar-refractivity contribution in [2.24, 2.45) is 10.4 Å². The van der Waals surface area contributed by atoms with Crippen LogP contribution < -0.4 is 0 Å². The quantitative estimate of drug-likeness (QED) is 0.588. The van der Waals surface area contributed by atoms with Crippen LogP contribution in [-0.2, 0) is 9.47 Å². The summed E-state index contributed by atoms with van der Waals surface area (Å²) in [6, 6.07) is 0. The molecule has 0 radical (unpaired) electrons. The van der Waals surface area contributed by atoms with Gasteiger partial charge in [0.15, 0.2) is 0 Å². The summed E-state index contributed by atoms with van der Waals surface area (Å²) in [6.07, 6.45) is 6.74. The van der Waals surface area contributed by atoms with E-state index in [-0.39, 0.29) is 0 Å². The number of likely N-dealkylation sites (tertiary alicyclic amines) is 1. The van der Waals surface area contributed by atoms with E-state index in [0.717, 1.165) is 38.2 Å². The first kappa shape index (κ1) is 13.9. The predicted molar refractivity (Wildman–Crippen MR) is 79.7 cm³/mol. The first-order valence-electron chi connectivity index (χ1n) is 7.92. The lowest BCUT2D eigenvalue weighted by atomic mass is 9.73. The lowest BCUT2D eigenvalue weighted by molar-refractivity contribution is -0.0536. The molecule has 0 bridgehead atoms. The van der Waals surface area contributed by atoms with Gasteiger partial charge in [-0.05, 0) is 25.7 Å². The van der Waals surface area contributed by atoms with Gasteiger partial charge in [-0.3, -0.25) is 0 Å². The maximum absolute atomic E-state index is 5.49. The molecule has 4 heteroatoms. The van der Waals surface area contributed by atoms with Gasteiger partial charge in [-0.1, -0.05) is 6.92 Å². The summed E-state index contributed by atoms with van der Waals surface area (Å²) < 4.78 is 10.9. The summed E-state index contributed by atoms with van der Waals surface area (Å²) in [7, 11) is 1.77. The highest BCUT2D eigenvalue weighted by molar-refractivity contribution is 5.84. The van der Waals surface area contributed by atoms with Crippen molar-refractivity contribution in [2.75, 3.05) is 33.4 Å². The molecule has 3 rings (SSSR count). The topological polar surface area (TPSA) is 34.1 Å². The Morgan fingerprint density at radius 1 is 1.30 bits per heavy atom. The van der Waals surface area contributed by atoms with Gasteiger partial charge in [0, 0.05) is 44.6 Å². The normalized spacial score (nSPS) is 26.1. The lowest BCUT2D eigenvalue weighted by Crippen LogP contribution is -2.60. The fourth-order valence-corrected chi connectivity index (χ4v) is 3.63. The third kappa shape index (κ3) is 2.58. The van der Waals surface area contributed by atoms with Gasteiger partial charge in [-0.25, -0.2) is 4.99 Å². The molecule has 1 spiro atoms. The number of rotatable bonds is 3. The van der Waals surface area contributed by atoms with Gasteiger partial charge in [-0.15, -0.1) is 0 Å². The van der Waals surface area contributed by atoms with E-state index < -0.39 is 0 Å². The Morgan fingerprint density at radius 3 is 2.70 bits per heavy atom. The fraction of sp³-hybridized carbons (Fsp3) is 0.812. The minimum absolute atomic E-state index is 0.516. The Balaban J connectivity index is 1.66. The lowest BCUT2D eigenvalue weighted by Gasteiger charge is -2.53.